The number of aliphatic hydroxyl groups excluding tert-OH is 1. The van der Waals surface area contributed by atoms with Gasteiger partial charge in [0.25, 0.3) is 11.7 Å². The van der Waals surface area contributed by atoms with Crippen LogP contribution in [0, 0.1) is 0 Å². The highest BCUT2D eigenvalue weighted by molar-refractivity contribution is 6.51. The van der Waals surface area contributed by atoms with Crippen LogP contribution >= 0.6 is 0 Å². The Bertz CT molecular complexity index is 1480. The zero-order valence-corrected chi connectivity index (χ0v) is 23.6. The molecule has 1 aliphatic heterocycles. The van der Waals surface area contributed by atoms with Crippen LogP contribution in [0.3, 0.4) is 0 Å². The molecule has 40 heavy (non-hydrogen) atoms. The molecular weight excluding hydrogens is 508 g/mol. The number of benzene rings is 3. The first-order valence-electron chi connectivity index (χ1n) is 12.9. The second-order valence-electron chi connectivity index (χ2n) is 11.1. The fourth-order valence-electron chi connectivity index (χ4n) is 4.82. The van der Waals surface area contributed by atoms with Crippen LogP contribution in [0.1, 0.15) is 49.1 Å². The van der Waals surface area contributed by atoms with Crippen molar-refractivity contribution in [3.8, 4) is 5.75 Å². The molecule has 1 saturated heterocycles. The molecule has 208 valence electrons. The largest absolute Gasteiger partial charge is 0.507 e. The molecule has 1 heterocycles. The van der Waals surface area contributed by atoms with Gasteiger partial charge in [0.2, 0.25) is 0 Å². The summed E-state index contributed by atoms with van der Waals surface area (Å²) >= 11 is 0. The lowest BCUT2D eigenvalue weighted by atomic mass is 9.85. The van der Waals surface area contributed by atoms with Gasteiger partial charge in [-0.1, -0.05) is 51.1 Å². The number of hydrogen-bond donors (Lipinski definition) is 2. The highest BCUT2D eigenvalue weighted by Crippen LogP contribution is 2.44. The zero-order valence-electron chi connectivity index (χ0n) is 23.6. The van der Waals surface area contributed by atoms with Crippen LogP contribution in [0.2, 0.25) is 0 Å². The summed E-state index contributed by atoms with van der Waals surface area (Å²) in [6.07, 6.45) is -0.168. The lowest BCUT2D eigenvalue weighted by Crippen LogP contribution is -2.29. The van der Waals surface area contributed by atoms with E-state index < -0.39 is 23.7 Å². The maximum atomic E-state index is 13.6. The van der Waals surface area contributed by atoms with Crippen LogP contribution in [0.4, 0.5) is 11.4 Å². The van der Waals surface area contributed by atoms with E-state index in [1.807, 2.05) is 70.1 Å². The molecule has 0 spiro atoms. The first-order valence-corrected chi connectivity index (χ1v) is 12.9. The number of carboxylic acid groups (broad SMARTS) is 1. The van der Waals surface area contributed by atoms with Gasteiger partial charge in [0, 0.05) is 25.5 Å². The number of aliphatic carboxylic acids is 1. The molecule has 0 aromatic heterocycles. The van der Waals surface area contributed by atoms with Crippen molar-refractivity contribution in [2.75, 3.05) is 31.0 Å². The van der Waals surface area contributed by atoms with Gasteiger partial charge in [-0.15, -0.1) is 0 Å². The van der Waals surface area contributed by atoms with Crippen molar-refractivity contribution in [2.24, 2.45) is 0 Å². The van der Waals surface area contributed by atoms with Gasteiger partial charge in [-0.25, -0.2) is 0 Å². The average Bonchev–Trinajstić information content (AvgIpc) is 3.17. The van der Waals surface area contributed by atoms with Gasteiger partial charge in [-0.2, -0.15) is 0 Å². The normalized spacial score (nSPS) is 16.8. The summed E-state index contributed by atoms with van der Waals surface area (Å²) in [5, 5.41) is 20.9. The Morgan fingerprint density at radius 2 is 1.57 bits per heavy atom. The molecule has 4 rings (SSSR count). The highest BCUT2D eigenvalue weighted by Gasteiger charge is 2.47. The fourth-order valence-corrected chi connectivity index (χ4v) is 4.82. The number of amides is 1. The molecule has 8 heteroatoms. The van der Waals surface area contributed by atoms with Crippen molar-refractivity contribution in [2.45, 2.75) is 38.6 Å². The van der Waals surface area contributed by atoms with Gasteiger partial charge in [0.15, 0.2) is 0 Å². The monoisotopic (exact) mass is 542 g/mol. The average molecular weight is 543 g/mol. The number of carbonyl (C=O) groups excluding carboxylic acids is 2. The first kappa shape index (κ1) is 28.4. The first-order chi connectivity index (χ1) is 18.8. The molecular formula is C32H34N2O6. The minimum absolute atomic E-state index is 0.0541. The molecule has 1 atom stereocenters. The molecule has 1 fully saturated rings. The molecule has 1 amide bonds. The highest BCUT2D eigenvalue weighted by atomic mass is 16.5. The molecule has 1 unspecified atom stereocenters. The minimum atomic E-state index is -0.972. The quantitative estimate of drug-likeness (QED) is 0.237. The number of ketones is 1. The van der Waals surface area contributed by atoms with E-state index in [-0.39, 0.29) is 23.2 Å². The fraction of sp³-hybridized carbons (Fsp3) is 0.281. The van der Waals surface area contributed by atoms with E-state index in [0.29, 0.717) is 28.1 Å². The summed E-state index contributed by atoms with van der Waals surface area (Å²) in [5.74, 6) is -2.54. The van der Waals surface area contributed by atoms with Crippen LogP contribution < -0.4 is 14.5 Å². The SMILES string of the molecule is COc1ccc(C(C)(C)C)cc1/C(O)=C1\C(=O)C(=O)N(c2ccc(CC(=O)O)cc2)C1c1ccc(N(C)C)cc1. The van der Waals surface area contributed by atoms with E-state index in [1.165, 1.54) is 12.0 Å². The number of anilines is 2. The van der Waals surface area contributed by atoms with E-state index in [0.717, 1.165) is 11.3 Å². The Labute approximate surface area is 234 Å². The van der Waals surface area contributed by atoms with Gasteiger partial charge in [-0.05, 0) is 58.5 Å². The number of rotatable bonds is 7. The molecule has 1 aliphatic rings. The van der Waals surface area contributed by atoms with E-state index in [1.54, 1.807) is 36.4 Å². The number of Topliss-reactive ketones (excluding diaryl/α,β-unsaturated/α-hetero) is 1. The second kappa shape index (κ2) is 10.9. The number of nitrogens with zero attached hydrogens (tertiary/aromatic N) is 2. The maximum Gasteiger partial charge on any atom is 0.307 e. The summed E-state index contributed by atoms with van der Waals surface area (Å²) in [4.78, 5) is 41.6. The van der Waals surface area contributed by atoms with Crippen molar-refractivity contribution in [1.29, 1.82) is 0 Å². The third kappa shape index (κ3) is 5.43. The number of carbonyl (C=O) groups is 3. The van der Waals surface area contributed by atoms with Crippen LogP contribution in [0.25, 0.3) is 5.76 Å². The standard InChI is InChI=1S/C32H34N2O6/c1-32(2,3)21-11-16-25(40-6)24(18-21)29(37)27-28(20-9-14-22(15-10-20)33(4)5)34(31(39)30(27)38)23-12-7-19(8-13-23)17-26(35)36/h7-16,18,28,37H,17H2,1-6H3,(H,35,36)/b29-27+. The molecule has 0 saturated carbocycles. The molecule has 0 aliphatic carbocycles. The van der Waals surface area contributed by atoms with Gasteiger partial charge in [0.05, 0.1) is 30.7 Å². The van der Waals surface area contributed by atoms with Gasteiger partial charge >= 0.3 is 5.97 Å². The van der Waals surface area contributed by atoms with Crippen molar-refractivity contribution in [3.05, 3.63) is 94.6 Å². The third-order valence-corrected chi connectivity index (χ3v) is 7.06. The van der Waals surface area contributed by atoms with Crippen molar-refractivity contribution in [1.82, 2.24) is 0 Å². The van der Waals surface area contributed by atoms with E-state index >= 15 is 0 Å². The lowest BCUT2D eigenvalue weighted by Gasteiger charge is -2.26. The summed E-state index contributed by atoms with van der Waals surface area (Å²) in [5.41, 5.74) is 3.47. The van der Waals surface area contributed by atoms with Crippen LogP contribution in [-0.4, -0.2) is 49.1 Å². The predicted octanol–water partition coefficient (Wildman–Crippen LogP) is 5.31. The van der Waals surface area contributed by atoms with E-state index in [9.17, 15) is 19.5 Å². The van der Waals surface area contributed by atoms with Crippen molar-refractivity contribution in [3.63, 3.8) is 0 Å². The number of ether oxygens (including phenoxy) is 1. The lowest BCUT2D eigenvalue weighted by molar-refractivity contribution is -0.136. The Morgan fingerprint density at radius 1 is 0.950 bits per heavy atom. The number of aliphatic hydroxyl groups is 1. The van der Waals surface area contributed by atoms with Crippen LogP contribution in [0.5, 0.6) is 5.75 Å². The van der Waals surface area contributed by atoms with Crippen LogP contribution in [0.15, 0.2) is 72.3 Å². The number of hydrogen-bond acceptors (Lipinski definition) is 6. The predicted molar refractivity (Wildman–Crippen MR) is 155 cm³/mol. The smallest absolute Gasteiger partial charge is 0.307 e. The second-order valence-corrected chi connectivity index (χ2v) is 11.1. The van der Waals surface area contributed by atoms with Gasteiger partial charge in [0.1, 0.15) is 11.5 Å². The van der Waals surface area contributed by atoms with Gasteiger partial charge in [-0.3, -0.25) is 19.3 Å². The molecule has 3 aromatic rings. The van der Waals surface area contributed by atoms with E-state index in [4.69, 9.17) is 9.84 Å². The van der Waals surface area contributed by atoms with Crippen molar-refractivity contribution < 1.29 is 29.3 Å². The number of methoxy groups -OCH3 is 1. The maximum absolute atomic E-state index is 13.6. The molecule has 0 bridgehead atoms. The Kier molecular flexibility index (Phi) is 7.73. The summed E-state index contributed by atoms with van der Waals surface area (Å²) < 4.78 is 5.54. The molecule has 0 radical (unpaired) electrons. The Hall–Kier alpha value is -4.59. The third-order valence-electron chi connectivity index (χ3n) is 7.06. The Morgan fingerprint density at radius 3 is 2.10 bits per heavy atom. The van der Waals surface area contributed by atoms with Crippen molar-refractivity contribution >= 4 is 34.8 Å². The molecule has 2 N–H and O–H groups in total. The van der Waals surface area contributed by atoms with Crippen LogP contribution in [-0.2, 0) is 26.2 Å². The van der Waals surface area contributed by atoms with Gasteiger partial charge < -0.3 is 19.8 Å². The minimum Gasteiger partial charge on any atom is -0.507 e. The number of carboxylic acids is 1. The Balaban J connectivity index is 1.94. The molecule has 8 nitrogen and oxygen atoms in total. The molecule has 3 aromatic carbocycles. The zero-order chi connectivity index (χ0) is 29.4. The topological polar surface area (TPSA) is 107 Å². The summed E-state index contributed by atoms with van der Waals surface area (Å²) in [6, 6.07) is 18.4. The summed E-state index contributed by atoms with van der Waals surface area (Å²) in [7, 11) is 5.31. The summed E-state index contributed by atoms with van der Waals surface area (Å²) in [6.45, 7) is 6.12. The van der Waals surface area contributed by atoms with E-state index in [2.05, 4.69) is 0 Å².